The molecule has 0 fully saturated rings. The predicted molar refractivity (Wildman–Crippen MR) is 51.0 cm³/mol. The standard InChI is InChI=1S/C9H7ClN2O/c1-6(13)12-5-11-8-3-2-7(10)4-9(8)12/h2-5H,1H3. The van der Waals surface area contributed by atoms with Crippen LogP contribution in [-0.2, 0) is 0 Å². The van der Waals surface area contributed by atoms with E-state index in [1.807, 2.05) is 0 Å². The zero-order valence-corrected chi connectivity index (χ0v) is 7.75. The van der Waals surface area contributed by atoms with Crippen molar-refractivity contribution in [2.45, 2.75) is 6.92 Å². The highest BCUT2D eigenvalue weighted by Crippen LogP contribution is 2.17. The number of rotatable bonds is 0. The first kappa shape index (κ1) is 8.26. The Balaban J connectivity index is 2.79. The number of imidazole rings is 1. The Labute approximate surface area is 79.9 Å². The molecular weight excluding hydrogens is 188 g/mol. The van der Waals surface area contributed by atoms with E-state index in [1.54, 1.807) is 18.2 Å². The monoisotopic (exact) mass is 194 g/mol. The van der Waals surface area contributed by atoms with Gasteiger partial charge in [0.25, 0.3) is 0 Å². The minimum absolute atomic E-state index is 0.0650. The molecule has 2 aromatic rings. The van der Waals surface area contributed by atoms with Gasteiger partial charge in [-0.25, -0.2) is 4.98 Å². The Morgan fingerprint density at radius 2 is 2.31 bits per heavy atom. The molecule has 0 bridgehead atoms. The van der Waals surface area contributed by atoms with E-state index in [0.29, 0.717) is 5.02 Å². The van der Waals surface area contributed by atoms with Gasteiger partial charge < -0.3 is 0 Å². The fourth-order valence-electron chi connectivity index (χ4n) is 1.23. The Morgan fingerprint density at radius 3 is 3.00 bits per heavy atom. The third kappa shape index (κ3) is 1.31. The van der Waals surface area contributed by atoms with Gasteiger partial charge in [0, 0.05) is 11.9 Å². The summed E-state index contributed by atoms with van der Waals surface area (Å²) < 4.78 is 1.47. The fourth-order valence-corrected chi connectivity index (χ4v) is 1.40. The molecule has 1 heterocycles. The quantitative estimate of drug-likeness (QED) is 0.645. The van der Waals surface area contributed by atoms with Gasteiger partial charge in [0.05, 0.1) is 11.0 Å². The first-order chi connectivity index (χ1) is 6.18. The maximum absolute atomic E-state index is 11.1. The van der Waals surface area contributed by atoms with Gasteiger partial charge in [0.15, 0.2) is 0 Å². The number of nitrogens with zero attached hydrogens (tertiary/aromatic N) is 2. The van der Waals surface area contributed by atoms with Crippen LogP contribution in [0.25, 0.3) is 11.0 Å². The number of aromatic nitrogens is 2. The van der Waals surface area contributed by atoms with Gasteiger partial charge in [-0.1, -0.05) is 11.6 Å². The second-order valence-electron chi connectivity index (χ2n) is 2.77. The Bertz CT molecular complexity index is 475. The van der Waals surface area contributed by atoms with Crippen LogP contribution in [0.4, 0.5) is 0 Å². The summed E-state index contributed by atoms with van der Waals surface area (Å²) in [4.78, 5) is 15.2. The minimum atomic E-state index is -0.0650. The first-order valence-electron chi connectivity index (χ1n) is 3.82. The second kappa shape index (κ2) is 2.85. The van der Waals surface area contributed by atoms with Crippen molar-refractivity contribution in [1.82, 2.24) is 9.55 Å². The van der Waals surface area contributed by atoms with Crippen molar-refractivity contribution in [1.29, 1.82) is 0 Å². The summed E-state index contributed by atoms with van der Waals surface area (Å²) in [5, 5.41) is 0.607. The average Bonchev–Trinajstić information content (AvgIpc) is 2.46. The lowest BCUT2D eigenvalue weighted by molar-refractivity contribution is 0.0941. The fraction of sp³-hybridized carbons (Fsp3) is 0.111. The van der Waals surface area contributed by atoms with E-state index in [9.17, 15) is 4.79 Å². The number of halogens is 1. The van der Waals surface area contributed by atoms with Crippen molar-refractivity contribution >= 4 is 28.5 Å². The van der Waals surface area contributed by atoms with Gasteiger partial charge in [-0.2, -0.15) is 0 Å². The number of benzene rings is 1. The van der Waals surface area contributed by atoms with Crippen molar-refractivity contribution in [2.24, 2.45) is 0 Å². The van der Waals surface area contributed by atoms with E-state index < -0.39 is 0 Å². The zero-order valence-electron chi connectivity index (χ0n) is 6.99. The van der Waals surface area contributed by atoms with Crippen molar-refractivity contribution in [3.63, 3.8) is 0 Å². The molecule has 0 saturated heterocycles. The van der Waals surface area contributed by atoms with Gasteiger partial charge in [-0.05, 0) is 18.2 Å². The number of hydrogen-bond donors (Lipinski definition) is 0. The molecule has 0 saturated carbocycles. The molecule has 13 heavy (non-hydrogen) atoms. The summed E-state index contributed by atoms with van der Waals surface area (Å²) in [6.07, 6.45) is 1.50. The summed E-state index contributed by atoms with van der Waals surface area (Å²) >= 11 is 5.80. The summed E-state index contributed by atoms with van der Waals surface area (Å²) in [7, 11) is 0. The van der Waals surface area contributed by atoms with Crippen LogP contribution in [0.1, 0.15) is 11.7 Å². The second-order valence-corrected chi connectivity index (χ2v) is 3.20. The van der Waals surface area contributed by atoms with E-state index in [-0.39, 0.29) is 5.91 Å². The molecule has 2 rings (SSSR count). The van der Waals surface area contributed by atoms with E-state index in [4.69, 9.17) is 11.6 Å². The molecule has 0 atom stereocenters. The van der Waals surface area contributed by atoms with E-state index in [2.05, 4.69) is 4.98 Å². The molecule has 3 nitrogen and oxygen atoms in total. The molecule has 0 aliphatic carbocycles. The van der Waals surface area contributed by atoms with Crippen molar-refractivity contribution in [3.8, 4) is 0 Å². The molecule has 4 heteroatoms. The third-order valence-corrected chi connectivity index (χ3v) is 2.08. The molecule has 0 N–H and O–H groups in total. The highest BCUT2D eigenvalue weighted by Gasteiger charge is 2.05. The number of fused-ring (bicyclic) bond motifs is 1. The zero-order chi connectivity index (χ0) is 9.42. The Kier molecular flexibility index (Phi) is 1.81. The predicted octanol–water partition coefficient (Wildman–Crippen LogP) is 2.35. The summed E-state index contributed by atoms with van der Waals surface area (Å²) in [6, 6.07) is 5.27. The molecule has 66 valence electrons. The van der Waals surface area contributed by atoms with Crippen LogP contribution < -0.4 is 0 Å². The van der Waals surface area contributed by atoms with Crippen LogP contribution in [0.5, 0.6) is 0 Å². The maximum Gasteiger partial charge on any atom is 0.229 e. The van der Waals surface area contributed by atoms with Crippen molar-refractivity contribution in [3.05, 3.63) is 29.5 Å². The Morgan fingerprint density at radius 1 is 1.54 bits per heavy atom. The van der Waals surface area contributed by atoms with E-state index >= 15 is 0 Å². The van der Waals surface area contributed by atoms with Crippen LogP contribution >= 0.6 is 11.6 Å². The van der Waals surface area contributed by atoms with Gasteiger partial charge in [-0.3, -0.25) is 9.36 Å². The largest absolute Gasteiger partial charge is 0.274 e. The molecule has 1 aromatic carbocycles. The molecule has 0 radical (unpaired) electrons. The molecule has 0 aliphatic heterocycles. The normalized spacial score (nSPS) is 10.6. The van der Waals surface area contributed by atoms with Gasteiger partial charge in [0.1, 0.15) is 6.33 Å². The van der Waals surface area contributed by atoms with Crippen LogP contribution in [0, 0.1) is 0 Å². The summed E-state index contributed by atoms with van der Waals surface area (Å²) in [6.45, 7) is 1.49. The lowest BCUT2D eigenvalue weighted by Crippen LogP contribution is -2.02. The maximum atomic E-state index is 11.1. The van der Waals surface area contributed by atoms with Crippen LogP contribution in [0.3, 0.4) is 0 Å². The molecule has 0 amide bonds. The van der Waals surface area contributed by atoms with E-state index in [0.717, 1.165) is 11.0 Å². The topological polar surface area (TPSA) is 34.9 Å². The summed E-state index contributed by atoms with van der Waals surface area (Å²) in [5.74, 6) is -0.0650. The van der Waals surface area contributed by atoms with Crippen LogP contribution in [0.15, 0.2) is 24.5 Å². The summed E-state index contributed by atoms with van der Waals surface area (Å²) in [5.41, 5.74) is 1.53. The number of hydrogen-bond acceptors (Lipinski definition) is 2. The van der Waals surface area contributed by atoms with Gasteiger partial charge in [0.2, 0.25) is 5.91 Å². The van der Waals surface area contributed by atoms with Crippen molar-refractivity contribution in [2.75, 3.05) is 0 Å². The van der Waals surface area contributed by atoms with Crippen LogP contribution in [-0.4, -0.2) is 15.5 Å². The highest BCUT2D eigenvalue weighted by molar-refractivity contribution is 6.31. The minimum Gasteiger partial charge on any atom is -0.274 e. The SMILES string of the molecule is CC(=O)n1cnc2ccc(Cl)cc21. The molecule has 0 spiro atoms. The molecule has 1 aromatic heterocycles. The number of carbonyl (C=O) groups is 1. The average molecular weight is 195 g/mol. The highest BCUT2D eigenvalue weighted by atomic mass is 35.5. The smallest absolute Gasteiger partial charge is 0.229 e. The van der Waals surface area contributed by atoms with Gasteiger partial charge in [-0.15, -0.1) is 0 Å². The number of carbonyl (C=O) groups excluding carboxylic acids is 1. The van der Waals surface area contributed by atoms with Crippen molar-refractivity contribution < 1.29 is 4.79 Å². The Hall–Kier alpha value is -1.35. The van der Waals surface area contributed by atoms with Crippen LogP contribution in [0.2, 0.25) is 5.02 Å². The lowest BCUT2D eigenvalue weighted by atomic mass is 10.3. The lowest BCUT2D eigenvalue weighted by Gasteiger charge is -1.96. The molecule has 0 aliphatic rings. The molecular formula is C9H7ClN2O. The third-order valence-electron chi connectivity index (χ3n) is 1.85. The molecule has 0 unspecified atom stereocenters. The van der Waals surface area contributed by atoms with E-state index in [1.165, 1.54) is 17.8 Å². The van der Waals surface area contributed by atoms with Gasteiger partial charge >= 0.3 is 0 Å². The first-order valence-corrected chi connectivity index (χ1v) is 4.20.